The Morgan fingerprint density at radius 1 is 1.00 bits per heavy atom. The standard InChI is InChI=1S/C17H16F2N2O4/c1-24-12-3-5-13(6-4-12)25-10-17(23)20-9-16(22)21-15-8-11(18)2-7-14(15)19/h2-8H,9-10H2,1H3,(H,20,23)(H,21,22). The number of methoxy groups -OCH3 is 1. The van der Waals surface area contributed by atoms with Crippen LogP contribution in [0.5, 0.6) is 11.5 Å². The lowest BCUT2D eigenvalue weighted by molar-refractivity contribution is -0.125. The number of hydrogen-bond acceptors (Lipinski definition) is 4. The number of carbonyl (C=O) groups is 2. The summed E-state index contributed by atoms with van der Waals surface area (Å²) in [6, 6.07) is 9.29. The molecule has 0 unspecified atom stereocenters. The van der Waals surface area contributed by atoms with Crippen LogP contribution in [-0.4, -0.2) is 32.1 Å². The molecule has 0 fully saturated rings. The Kier molecular flexibility index (Phi) is 6.27. The molecule has 0 aromatic heterocycles. The quantitative estimate of drug-likeness (QED) is 0.802. The SMILES string of the molecule is COc1ccc(OCC(=O)NCC(=O)Nc2cc(F)ccc2F)cc1. The third kappa shape index (κ3) is 5.76. The van der Waals surface area contributed by atoms with Gasteiger partial charge in [-0.15, -0.1) is 0 Å². The van der Waals surface area contributed by atoms with Crippen molar-refractivity contribution in [2.24, 2.45) is 0 Å². The van der Waals surface area contributed by atoms with E-state index in [1.807, 2.05) is 0 Å². The van der Waals surface area contributed by atoms with Crippen molar-refractivity contribution in [3.05, 3.63) is 54.1 Å². The molecule has 0 bridgehead atoms. The van der Waals surface area contributed by atoms with Crippen LogP contribution in [0, 0.1) is 11.6 Å². The highest BCUT2D eigenvalue weighted by molar-refractivity contribution is 5.94. The fraction of sp³-hybridized carbons (Fsp3) is 0.176. The molecule has 2 aromatic carbocycles. The molecule has 6 nitrogen and oxygen atoms in total. The predicted octanol–water partition coefficient (Wildman–Crippen LogP) is 2.11. The first-order valence-electron chi connectivity index (χ1n) is 7.26. The van der Waals surface area contributed by atoms with Gasteiger partial charge in [-0.3, -0.25) is 9.59 Å². The first-order valence-corrected chi connectivity index (χ1v) is 7.26. The van der Waals surface area contributed by atoms with E-state index in [1.54, 1.807) is 24.3 Å². The zero-order valence-corrected chi connectivity index (χ0v) is 13.3. The molecule has 0 aliphatic carbocycles. The van der Waals surface area contributed by atoms with Gasteiger partial charge in [-0.2, -0.15) is 0 Å². The van der Waals surface area contributed by atoms with Crippen LogP contribution in [0.25, 0.3) is 0 Å². The van der Waals surface area contributed by atoms with Crippen molar-refractivity contribution in [2.45, 2.75) is 0 Å². The number of benzene rings is 2. The molecule has 0 saturated heterocycles. The maximum absolute atomic E-state index is 13.4. The monoisotopic (exact) mass is 350 g/mol. The highest BCUT2D eigenvalue weighted by Gasteiger charge is 2.10. The van der Waals surface area contributed by atoms with Gasteiger partial charge in [0, 0.05) is 6.07 Å². The lowest BCUT2D eigenvalue weighted by atomic mass is 10.3. The number of halogens is 2. The van der Waals surface area contributed by atoms with E-state index in [2.05, 4.69) is 10.6 Å². The molecule has 2 aromatic rings. The molecule has 0 heterocycles. The minimum Gasteiger partial charge on any atom is -0.497 e. The number of hydrogen-bond donors (Lipinski definition) is 2. The Morgan fingerprint density at radius 2 is 1.68 bits per heavy atom. The summed E-state index contributed by atoms with van der Waals surface area (Å²) in [5.74, 6) is -1.58. The number of nitrogens with one attached hydrogen (secondary N) is 2. The molecule has 25 heavy (non-hydrogen) atoms. The summed E-state index contributed by atoms with van der Waals surface area (Å²) < 4.78 is 36.6. The van der Waals surface area contributed by atoms with E-state index >= 15 is 0 Å². The molecule has 0 aliphatic rings. The van der Waals surface area contributed by atoms with E-state index in [0.29, 0.717) is 11.5 Å². The highest BCUT2D eigenvalue weighted by atomic mass is 19.1. The number of anilines is 1. The van der Waals surface area contributed by atoms with E-state index in [0.717, 1.165) is 18.2 Å². The van der Waals surface area contributed by atoms with Crippen LogP contribution in [0.4, 0.5) is 14.5 Å². The Morgan fingerprint density at radius 3 is 2.36 bits per heavy atom. The number of ether oxygens (including phenoxy) is 2. The molecular formula is C17H16F2N2O4. The van der Waals surface area contributed by atoms with Crippen molar-refractivity contribution in [2.75, 3.05) is 25.6 Å². The van der Waals surface area contributed by atoms with Gasteiger partial charge < -0.3 is 20.1 Å². The third-order valence-corrected chi connectivity index (χ3v) is 3.08. The fourth-order valence-corrected chi connectivity index (χ4v) is 1.84. The molecule has 0 spiro atoms. The van der Waals surface area contributed by atoms with Gasteiger partial charge in [0.1, 0.15) is 23.1 Å². The minimum atomic E-state index is -0.774. The minimum absolute atomic E-state index is 0.297. The summed E-state index contributed by atoms with van der Waals surface area (Å²) in [5.41, 5.74) is -0.297. The Labute approximate surface area is 142 Å². The lowest BCUT2D eigenvalue weighted by Gasteiger charge is -2.09. The van der Waals surface area contributed by atoms with Gasteiger partial charge in [0.25, 0.3) is 5.91 Å². The van der Waals surface area contributed by atoms with Gasteiger partial charge >= 0.3 is 0 Å². The summed E-state index contributed by atoms with van der Waals surface area (Å²) in [6.45, 7) is -0.700. The van der Waals surface area contributed by atoms with E-state index < -0.39 is 30.0 Å². The third-order valence-electron chi connectivity index (χ3n) is 3.08. The van der Waals surface area contributed by atoms with Crippen molar-refractivity contribution < 1.29 is 27.8 Å². The zero-order chi connectivity index (χ0) is 18.2. The van der Waals surface area contributed by atoms with Gasteiger partial charge in [0.05, 0.1) is 19.3 Å². The molecule has 8 heteroatoms. The average molecular weight is 350 g/mol. The second kappa shape index (κ2) is 8.62. The zero-order valence-electron chi connectivity index (χ0n) is 13.3. The fourth-order valence-electron chi connectivity index (χ4n) is 1.84. The van der Waals surface area contributed by atoms with E-state index in [9.17, 15) is 18.4 Å². The van der Waals surface area contributed by atoms with Crippen LogP contribution in [0.15, 0.2) is 42.5 Å². The van der Waals surface area contributed by atoms with Crippen molar-refractivity contribution in [3.63, 3.8) is 0 Å². The van der Waals surface area contributed by atoms with Gasteiger partial charge in [0.2, 0.25) is 5.91 Å². The van der Waals surface area contributed by atoms with Crippen LogP contribution in [0.2, 0.25) is 0 Å². The Bertz CT molecular complexity index is 751. The summed E-state index contributed by atoms with van der Waals surface area (Å²) in [4.78, 5) is 23.3. The summed E-state index contributed by atoms with van der Waals surface area (Å²) >= 11 is 0. The molecule has 0 saturated carbocycles. The molecule has 132 valence electrons. The van der Waals surface area contributed by atoms with Crippen LogP contribution in [0.1, 0.15) is 0 Å². The Hall–Kier alpha value is -3.16. The van der Waals surface area contributed by atoms with Crippen molar-refractivity contribution >= 4 is 17.5 Å². The molecule has 0 aliphatic heterocycles. The maximum atomic E-state index is 13.4. The largest absolute Gasteiger partial charge is 0.497 e. The molecular weight excluding hydrogens is 334 g/mol. The summed E-state index contributed by atoms with van der Waals surface area (Å²) in [5, 5.41) is 4.48. The molecule has 2 N–H and O–H groups in total. The van der Waals surface area contributed by atoms with Crippen molar-refractivity contribution in [1.29, 1.82) is 0 Å². The smallest absolute Gasteiger partial charge is 0.258 e. The molecule has 2 amide bonds. The first kappa shape index (κ1) is 18.2. The van der Waals surface area contributed by atoms with Crippen molar-refractivity contribution in [1.82, 2.24) is 5.32 Å². The van der Waals surface area contributed by atoms with Crippen LogP contribution >= 0.6 is 0 Å². The number of amides is 2. The van der Waals surface area contributed by atoms with E-state index in [4.69, 9.17) is 9.47 Å². The first-order chi connectivity index (χ1) is 12.0. The number of rotatable bonds is 7. The maximum Gasteiger partial charge on any atom is 0.258 e. The normalized spacial score (nSPS) is 10.0. The second-order valence-corrected chi connectivity index (χ2v) is 4.91. The van der Waals surface area contributed by atoms with Gasteiger partial charge in [-0.1, -0.05) is 0 Å². The van der Waals surface area contributed by atoms with Gasteiger partial charge in [-0.05, 0) is 36.4 Å². The lowest BCUT2D eigenvalue weighted by Crippen LogP contribution is -2.35. The molecule has 0 atom stereocenters. The summed E-state index contributed by atoms with van der Waals surface area (Å²) in [7, 11) is 1.53. The second-order valence-electron chi connectivity index (χ2n) is 4.91. The highest BCUT2D eigenvalue weighted by Crippen LogP contribution is 2.17. The Balaban J connectivity index is 1.75. The van der Waals surface area contributed by atoms with Gasteiger partial charge in [0.15, 0.2) is 6.61 Å². The van der Waals surface area contributed by atoms with Crippen LogP contribution in [0.3, 0.4) is 0 Å². The average Bonchev–Trinajstić information content (AvgIpc) is 2.61. The topological polar surface area (TPSA) is 76.7 Å². The van der Waals surface area contributed by atoms with E-state index in [1.165, 1.54) is 7.11 Å². The van der Waals surface area contributed by atoms with Crippen LogP contribution < -0.4 is 20.1 Å². The van der Waals surface area contributed by atoms with E-state index in [-0.39, 0.29) is 12.3 Å². The molecule has 0 radical (unpaired) electrons. The van der Waals surface area contributed by atoms with Crippen LogP contribution in [-0.2, 0) is 9.59 Å². The van der Waals surface area contributed by atoms with Crippen molar-refractivity contribution in [3.8, 4) is 11.5 Å². The number of carbonyl (C=O) groups excluding carboxylic acids is 2. The molecule has 2 rings (SSSR count). The van der Waals surface area contributed by atoms with Gasteiger partial charge in [-0.25, -0.2) is 8.78 Å². The summed E-state index contributed by atoms with van der Waals surface area (Å²) in [6.07, 6.45) is 0. The predicted molar refractivity (Wildman–Crippen MR) is 86.5 cm³/mol.